The molecule has 1 heterocycles. The fraction of sp³-hybridized carbons (Fsp3) is 0.308. The summed E-state index contributed by atoms with van der Waals surface area (Å²) in [5.41, 5.74) is 6.42. The van der Waals surface area contributed by atoms with Crippen molar-refractivity contribution >= 4 is 34.0 Å². The molecule has 1 aromatic carbocycles. The SMILES string of the molecule is CC(N)CCC(=O)Nc1nnc(-c2ccccc2Cl)s1. The maximum absolute atomic E-state index is 11.7. The minimum Gasteiger partial charge on any atom is -0.328 e. The molecule has 20 heavy (non-hydrogen) atoms. The molecule has 7 heteroatoms. The van der Waals surface area contributed by atoms with Gasteiger partial charge in [0.25, 0.3) is 0 Å². The predicted molar refractivity (Wildman–Crippen MR) is 81.9 cm³/mol. The van der Waals surface area contributed by atoms with Crippen molar-refractivity contribution in [2.75, 3.05) is 5.32 Å². The van der Waals surface area contributed by atoms with Crippen LogP contribution in [0.3, 0.4) is 0 Å². The first-order valence-corrected chi connectivity index (χ1v) is 7.39. The number of carbonyl (C=O) groups excluding carboxylic acids is 1. The van der Waals surface area contributed by atoms with E-state index in [4.69, 9.17) is 17.3 Å². The number of carbonyl (C=O) groups is 1. The molecule has 0 saturated heterocycles. The summed E-state index contributed by atoms with van der Waals surface area (Å²) in [6.45, 7) is 1.87. The maximum Gasteiger partial charge on any atom is 0.226 e. The number of hydrogen-bond donors (Lipinski definition) is 2. The Bertz CT molecular complexity index is 600. The van der Waals surface area contributed by atoms with E-state index >= 15 is 0 Å². The smallest absolute Gasteiger partial charge is 0.226 e. The van der Waals surface area contributed by atoms with Gasteiger partial charge in [-0.15, -0.1) is 10.2 Å². The van der Waals surface area contributed by atoms with Crippen LogP contribution in [-0.4, -0.2) is 22.1 Å². The van der Waals surface area contributed by atoms with Crippen LogP contribution in [-0.2, 0) is 4.79 Å². The number of hydrogen-bond acceptors (Lipinski definition) is 5. The van der Waals surface area contributed by atoms with E-state index < -0.39 is 0 Å². The van der Waals surface area contributed by atoms with Gasteiger partial charge in [-0.1, -0.05) is 41.1 Å². The van der Waals surface area contributed by atoms with Crippen molar-refractivity contribution in [3.05, 3.63) is 29.3 Å². The van der Waals surface area contributed by atoms with Crippen molar-refractivity contribution in [3.63, 3.8) is 0 Å². The lowest BCUT2D eigenvalue weighted by Crippen LogP contribution is -2.19. The van der Waals surface area contributed by atoms with Crippen molar-refractivity contribution in [3.8, 4) is 10.6 Å². The summed E-state index contributed by atoms with van der Waals surface area (Å²) >= 11 is 7.39. The first-order valence-electron chi connectivity index (χ1n) is 6.20. The van der Waals surface area contributed by atoms with Crippen LogP contribution in [0.15, 0.2) is 24.3 Å². The molecule has 0 spiro atoms. The Morgan fingerprint density at radius 2 is 2.20 bits per heavy atom. The summed E-state index contributed by atoms with van der Waals surface area (Å²) in [4.78, 5) is 11.7. The van der Waals surface area contributed by atoms with Gasteiger partial charge >= 0.3 is 0 Å². The minimum atomic E-state index is -0.107. The standard InChI is InChI=1S/C13H15ClN4OS/c1-8(15)6-7-11(19)16-13-18-17-12(20-13)9-4-2-3-5-10(9)14/h2-5,8H,6-7,15H2,1H3,(H,16,18,19). The molecule has 0 bridgehead atoms. The zero-order chi connectivity index (χ0) is 14.5. The third-order valence-corrected chi connectivity index (χ3v) is 3.80. The molecule has 2 aromatic rings. The average molecular weight is 311 g/mol. The second-order valence-electron chi connectivity index (χ2n) is 4.46. The molecule has 0 aliphatic heterocycles. The van der Waals surface area contributed by atoms with Gasteiger partial charge in [-0.25, -0.2) is 0 Å². The molecular weight excluding hydrogens is 296 g/mol. The van der Waals surface area contributed by atoms with Crippen LogP contribution in [0, 0.1) is 0 Å². The molecule has 1 atom stereocenters. The number of halogens is 1. The largest absolute Gasteiger partial charge is 0.328 e. The van der Waals surface area contributed by atoms with Crippen molar-refractivity contribution in [2.45, 2.75) is 25.8 Å². The number of nitrogens with one attached hydrogen (secondary N) is 1. The Kier molecular flexibility index (Phi) is 5.05. The molecule has 0 saturated carbocycles. The van der Waals surface area contributed by atoms with Crippen molar-refractivity contribution in [1.82, 2.24) is 10.2 Å². The molecule has 106 valence electrons. The number of anilines is 1. The highest BCUT2D eigenvalue weighted by Gasteiger charge is 2.11. The molecule has 0 aliphatic rings. The van der Waals surface area contributed by atoms with E-state index in [1.165, 1.54) is 11.3 Å². The molecule has 1 aromatic heterocycles. The minimum absolute atomic E-state index is 0.00820. The van der Waals surface area contributed by atoms with Crippen LogP contribution in [0.25, 0.3) is 10.6 Å². The third kappa shape index (κ3) is 4.00. The third-order valence-electron chi connectivity index (χ3n) is 2.60. The zero-order valence-corrected chi connectivity index (χ0v) is 12.5. The van der Waals surface area contributed by atoms with Gasteiger partial charge in [0.2, 0.25) is 11.0 Å². The van der Waals surface area contributed by atoms with Crippen LogP contribution in [0.2, 0.25) is 5.02 Å². The van der Waals surface area contributed by atoms with Gasteiger partial charge in [0.1, 0.15) is 0 Å². The highest BCUT2D eigenvalue weighted by atomic mass is 35.5. The van der Waals surface area contributed by atoms with E-state index in [-0.39, 0.29) is 11.9 Å². The summed E-state index contributed by atoms with van der Waals surface area (Å²) in [7, 11) is 0. The quantitative estimate of drug-likeness (QED) is 0.889. The second kappa shape index (κ2) is 6.78. The fourth-order valence-electron chi connectivity index (χ4n) is 1.56. The molecule has 0 radical (unpaired) electrons. The van der Waals surface area contributed by atoms with E-state index in [1.54, 1.807) is 6.07 Å². The zero-order valence-electron chi connectivity index (χ0n) is 11.0. The Balaban J connectivity index is 2.03. The van der Waals surface area contributed by atoms with E-state index in [0.717, 1.165) is 5.56 Å². The first kappa shape index (κ1) is 14.9. The Morgan fingerprint density at radius 1 is 1.45 bits per heavy atom. The van der Waals surface area contributed by atoms with Crippen molar-refractivity contribution < 1.29 is 4.79 Å². The van der Waals surface area contributed by atoms with E-state index in [1.807, 2.05) is 25.1 Å². The van der Waals surface area contributed by atoms with Crippen LogP contribution in [0.1, 0.15) is 19.8 Å². The number of amides is 1. The van der Waals surface area contributed by atoms with Crippen molar-refractivity contribution in [1.29, 1.82) is 0 Å². The van der Waals surface area contributed by atoms with Crippen LogP contribution >= 0.6 is 22.9 Å². The molecule has 0 fully saturated rings. The highest BCUT2D eigenvalue weighted by molar-refractivity contribution is 7.18. The van der Waals surface area contributed by atoms with Crippen LogP contribution in [0.5, 0.6) is 0 Å². The van der Waals surface area contributed by atoms with Gasteiger partial charge in [0, 0.05) is 18.0 Å². The summed E-state index contributed by atoms with van der Waals surface area (Å²) in [6.07, 6.45) is 1.01. The normalized spacial score (nSPS) is 12.2. The monoisotopic (exact) mass is 310 g/mol. The second-order valence-corrected chi connectivity index (χ2v) is 5.84. The molecule has 3 N–H and O–H groups in total. The van der Waals surface area contributed by atoms with E-state index in [9.17, 15) is 4.79 Å². The van der Waals surface area contributed by atoms with Gasteiger partial charge < -0.3 is 11.1 Å². The number of nitrogens with two attached hydrogens (primary N) is 1. The molecule has 0 aliphatic carbocycles. The number of nitrogens with zero attached hydrogens (tertiary/aromatic N) is 2. The lowest BCUT2D eigenvalue weighted by Gasteiger charge is -2.03. The van der Waals surface area contributed by atoms with E-state index in [2.05, 4.69) is 15.5 Å². The van der Waals surface area contributed by atoms with Crippen LogP contribution < -0.4 is 11.1 Å². The summed E-state index contributed by atoms with van der Waals surface area (Å²) in [5, 5.41) is 12.5. The lowest BCUT2D eigenvalue weighted by molar-refractivity contribution is -0.116. The van der Waals surface area contributed by atoms with Gasteiger partial charge in [-0.3, -0.25) is 4.79 Å². The topological polar surface area (TPSA) is 80.9 Å². The molecule has 1 amide bonds. The van der Waals surface area contributed by atoms with Crippen LogP contribution in [0.4, 0.5) is 5.13 Å². The van der Waals surface area contributed by atoms with Gasteiger partial charge in [-0.05, 0) is 19.4 Å². The Hall–Kier alpha value is -1.50. The van der Waals surface area contributed by atoms with E-state index in [0.29, 0.717) is 28.0 Å². The lowest BCUT2D eigenvalue weighted by atomic mass is 10.2. The number of aromatic nitrogens is 2. The van der Waals surface area contributed by atoms with Gasteiger partial charge in [-0.2, -0.15) is 0 Å². The molecule has 1 unspecified atom stereocenters. The predicted octanol–water partition coefficient (Wildman–Crippen LogP) is 2.92. The van der Waals surface area contributed by atoms with Gasteiger partial charge in [0.15, 0.2) is 5.01 Å². The Labute approximate surface area is 126 Å². The fourth-order valence-corrected chi connectivity index (χ4v) is 2.64. The summed E-state index contributed by atoms with van der Waals surface area (Å²) in [5.74, 6) is -0.107. The maximum atomic E-state index is 11.7. The molecule has 5 nitrogen and oxygen atoms in total. The van der Waals surface area contributed by atoms with Gasteiger partial charge in [0.05, 0.1) is 5.02 Å². The highest BCUT2D eigenvalue weighted by Crippen LogP contribution is 2.31. The number of benzene rings is 1. The summed E-state index contributed by atoms with van der Waals surface area (Å²) in [6, 6.07) is 7.39. The first-order chi connectivity index (χ1) is 9.56. The Morgan fingerprint density at radius 3 is 2.90 bits per heavy atom. The van der Waals surface area contributed by atoms with Crippen molar-refractivity contribution in [2.24, 2.45) is 5.73 Å². The number of rotatable bonds is 5. The average Bonchev–Trinajstić information content (AvgIpc) is 2.85. The molecule has 2 rings (SSSR count). The summed E-state index contributed by atoms with van der Waals surface area (Å²) < 4.78 is 0. The molecular formula is C13H15ClN4OS.